The first-order chi connectivity index (χ1) is 8.65. The Morgan fingerprint density at radius 3 is 2.83 bits per heavy atom. The van der Waals surface area contributed by atoms with Gasteiger partial charge < -0.3 is 5.32 Å². The lowest BCUT2D eigenvalue weighted by atomic mass is 10.2. The molecule has 98 valence electrons. The van der Waals surface area contributed by atoms with E-state index >= 15 is 0 Å². The first-order valence-corrected chi connectivity index (χ1v) is 7.33. The Kier molecular flexibility index (Phi) is 4.78. The third kappa shape index (κ3) is 3.82. The van der Waals surface area contributed by atoms with Gasteiger partial charge in [-0.25, -0.2) is 0 Å². The fourth-order valence-corrected chi connectivity index (χ4v) is 2.30. The molecule has 1 aliphatic rings. The second-order valence-corrected chi connectivity index (χ2v) is 6.16. The van der Waals surface area contributed by atoms with E-state index in [1.54, 1.807) is 0 Å². The van der Waals surface area contributed by atoms with Crippen LogP contribution in [0.15, 0.2) is 24.3 Å². The molecule has 1 fully saturated rings. The van der Waals surface area contributed by atoms with E-state index in [1.807, 2.05) is 19.1 Å². The molecule has 1 unspecified atom stereocenters. The summed E-state index contributed by atoms with van der Waals surface area (Å²) >= 11 is 3.27. The van der Waals surface area contributed by atoms with Crippen molar-refractivity contribution in [1.82, 2.24) is 4.90 Å². The average molecular weight is 311 g/mol. The zero-order valence-electron chi connectivity index (χ0n) is 10.7. The van der Waals surface area contributed by atoms with E-state index in [9.17, 15) is 4.79 Å². The molecule has 1 saturated heterocycles. The summed E-state index contributed by atoms with van der Waals surface area (Å²) in [5.41, 5.74) is 2.14. The van der Waals surface area contributed by atoms with Crippen molar-refractivity contribution >= 4 is 27.5 Å². The number of benzene rings is 1. The molecule has 1 atom stereocenters. The Morgan fingerprint density at radius 1 is 1.44 bits per heavy atom. The lowest BCUT2D eigenvalue weighted by Gasteiger charge is -2.15. The van der Waals surface area contributed by atoms with Crippen LogP contribution in [-0.2, 0) is 11.3 Å². The standard InChI is InChI=1S/C14H19BrN2O/c1-11(15)14(18)16-13-6-4-5-12(9-13)10-17-7-2-3-8-17/h4-6,9,11H,2-3,7-8,10H2,1H3,(H,16,18). The molecule has 1 aromatic rings. The molecule has 1 heterocycles. The zero-order valence-corrected chi connectivity index (χ0v) is 12.2. The SMILES string of the molecule is CC(Br)C(=O)Nc1cccc(CN2CCCC2)c1. The molecule has 0 spiro atoms. The molecule has 0 aliphatic carbocycles. The van der Waals surface area contributed by atoms with E-state index < -0.39 is 0 Å². The van der Waals surface area contributed by atoms with Crippen molar-refractivity contribution in [1.29, 1.82) is 0 Å². The van der Waals surface area contributed by atoms with Crippen molar-refractivity contribution in [3.63, 3.8) is 0 Å². The second-order valence-electron chi connectivity index (χ2n) is 4.79. The van der Waals surface area contributed by atoms with Gasteiger partial charge in [-0.1, -0.05) is 28.1 Å². The number of likely N-dealkylation sites (tertiary alicyclic amines) is 1. The number of nitrogens with one attached hydrogen (secondary N) is 1. The third-order valence-electron chi connectivity index (χ3n) is 3.16. The molecule has 1 aromatic carbocycles. The first-order valence-electron chi connectivity index (χ1n) is 6.41. The zero-order chi connectivity index (χ0) is 13.0. The maximum atomic E-state index is 11.6. The van der Waals surface area contributed by atoms with Gasteiger partial charge in [0, 0.05) is 12.2 Å². The number of nitrogens with zero attached hydrogens (tertiary/aromatic N) is 1. The Labute approximate surface area is 117 Å². The molecular formula is C14H19BrN2O. The molecule has 18 heavy (non-hydrogen) atoms. The van der Waals surface area contributed by atoms with Crippen LogP contribution in [0.2, 0.25) is 0 Å². The van der Waals surface area contributed by atoms with E-state index in [4.69, 9.17) is 0 Å². The quantitative estimate of drug-likeness (QED) is 0.867. The largest absolute Gasteiger partial charge is 0.325 e. The smallest absolute Gasteiger partial charge is 0.237 e. The molecule has 2 rings (SSSR count). The molecule has 1 aliphatic heterocycles. The van der Waals surface area contributed by atoms with Crippen LogP contribution in [0.3, 0.4) is 0 Å². The molecule has 0 aromatic heterocycles. The van der Waals surface area contributed by atoms with Crippen LogP contribution in [0.4, 0.5) is 5.69 Å². The van der Waals surface area contributed by atoms with E-state index in [1.165, 1.54) is 31.5 Å². The fourth-order valence-electron chi connectivity index (χ4n) is 2.19. The summed E-state index contributed by atoms with van der Waals surface area (Å²) in [6.07, 6.45) is 2.61. The summed E-state index contributed by atoms with van der Waals surface area (Å²) in [5, 5.41) is 2.90. The number of alkyl halides is 1. The van der Waals surface area contributed by atoms with Crippen LogP contribution in [0.5, 0.6) is 0 Å². The first kappa shape index (κ1) is 13.6. The van der Waals surface area contributed by atoms with Crippen molar-refractivity contribution in [3.05, 3.63) is 29.8 Å². The Balaban J connectivity index is 1.98. The number of anilines is 1. The van der Waals surface area contributed by atoms with Crippen LogP contribution in [-0.4, -0.2) is 28.7 Å². The highest BCUT2D eigenvalue weighted by molar-refractivity contribution is 9.10. The van der Waals surface area contributed by atoms with Gasteiger partial charge in [0.1, 0.15) is 0 Å². The molecule has 0 saturated carbocycles. The average Bonchev–Trinajstić information content (AvgIpc) is 2.82. The summed E-state index contributed by atoms with van der Waals surface area (Å²) in [4.78, 5) is 13.9. The summed E-state index contributed by atoms with van der Waals surface area (Å²) in [5.74, 6) is -0.00618. The minimum Gasteiger partial charge on any atom is -0.325 e. The second kappa shape index (κ2) is 6.34. The van der Waals surface area contributed by atoms with Crippen LogP contribution in [0.1, 0.15) is 25.3 Å². The van der Waals surface area contributed by atoms with Gasteiger partial charge in [-0.2, -0.15) is 0 Å². The molecule has 0 bridgehead atoms. The van der Waals surface area contributed by atoms with Crippen molar-refractivity contribution in [2.24, 2.45) is 0 Å². The molecule has 1 N–H and O–H groups in total. The Morgan fingerprint density at radius 2 is 2.17 bits per heavy atom. The van der Waals surface area contributed by atoms with Crippen molar-refractivity contribution in [2.45, 2.75) is 31.1 Å². The van der Waals surface area contributed by atoms with Gasteiger partial charge in [0.15, 0.2) is 0 Å². The predicted octanol–water partition coefficient (Wildman–Crippen LogP) is 3.00. The minimum atomic E-state index is -0.167. The molecule has 4 heteroatoms. The highest BCUT2D eigenvalue weighted by atomic mass is 79.9. The predicted molar refractivity (Wildman–Crippen MR) is 78.0 cm³/mol. The number of amides is 1. The van der Waals surface area contributed by atoms with Gasteiger partial charge in [-0.3, -0.25) is 9.69 Å². The topological polar surface area (TPSA) is 32.3 Å². The van der Waals surface area contributed by atoms with Crippen molar-refractivity contribution < 1.29 is 4.79 Å². The van der Waals surface area contributed by atoms with Gasteiger partial charge in [0.05, 0.1) is 4.83 Å². The maximum absolute atomic E-state index is 11.6. The molecule has 3 nitrogen and oxygen atoms in total. The lowest BCUT2D eigenvalue weighted by molar-refractivity contribution is -0.115. The fraction of sp³-hybridized carbons (Fsp3) is 0.500. The molecule has 1 amide bonds. The number of carbonyl (C=O) groups excluding carboxylic acids is 1. The third-order valence-corrected chi connectivity index (χ3v) is 3.58. The number of hydrogen-bond donors (Lipinski definition) is 1. The van der Waals surface area contributed by atoms with Gasteiger partial charge in [0.2, 0.25) is 5.91 Å². The maximum Gasteiger partial charge on any atom is 0.237 e. The van der Waals surface area contributed by atoms with Crippen LogP contribution < -0.4 is 5.32 Å². The number of hydrogen-bond acceptors (Lipinski definition) is 2. The number of halogens is 1. The minimum absolute atomic E-state index is 0.00618. The summed E-state index contributed by atoms with van der Waals surface area (Å²) < 4.78 is 0. The van der Waals surface area contributed by atoms with E-state index in [2.05, 4.69) is 38.3 Å². The van der Waals surface area contributed by atoms with Gasteiger partial charge in [0.25, 0.3) is 0 Å². The van der Waals surface area contributed by atoms with Gasteiger partial charge in [-0.05, 0) is 50.6 Å². The van der Waals surface area contributed by atoms with E-state index in [-0.39, 0.29) is 10.7 Å². The normalized spacial score (nSPS) is 17.7. The van der Waals surface area contributed by atoms with Crippen LogP contribution >= 0.6 is 15.9 Å². The van der Waals surface area contributed by atoms with Gasteiger partial charge in [-0.15, -0.1) is 0 Å². The summed E-state index contributed by atoms with van der Waals surface area (Å²) in [6.45, 7) is 5.18. The monoisotopic (exact) mass is 310 g/mol. The van der Waals surface area contributed by atoms with Crippen molar-refractivity contribution in [3.8, 4) is 0 Å². The summed E-state index contributed by atoms with van der Waals surface area (Å²) in [6, 6.07) is 8.11. The molecule has 0 radical (unpaired) electrons. The van der Waals surface area contributed by atoms with E-state index in [0.29, 0.717) is 0 Å². The Hall–Kier alpha value is -0.870. The van der Waals surface area contributed by atoms with E-state index in [0.717, 1.165) is 12.2 Å². The summed E-state index contributed by atoms with van der Waals surface area (Å²) in [7, 11) is 0. The number of carbonyl (C=O) groups is 1. The number of rotatable bonds is 4. The van der Waals surface area contributed by atoms with Gasteiger partial charge >= 0.3 is 0 Å². The van der Waals surface area contributed by atoms with Crippen LogP contribution in [0, 0.1) is 0 Å². The van der Waals surface area contributed by atoms with Crippen molar-refractivity contribution in [2.75, 3.05) is 18.4 Å². The van der Waals surface area contributed by atoms with Crippen LogP contribution in [0.25, 0.3) is 0 Å². The molecular weight excluding hydrogens is 292 g/mol. The lowest BCUT2D eigenvalue weighted by Crippen LogP contribution is -2.21. The highest BCUT2D eigenvalue weighted by Gasteiger charge is 2.12. The highest BCUT2D eigenvalue weighted by Crippen LogP contribution is 2.16. The Bertz CT molecular complexity index is 414.